The zero-order valence-electron chi connectivity index (χ0n) is 12.0. The Kier molecular flexibility index (Phi) is 3.64. The van der Waals surface area contributed by atoms with E-state index in [1.165, 1.54) is 16.9 Å². The number of carbonyl (C=O) groups excluding carboxylic acids is 1. The Balaban J connectivity index is 1.39. The highest BCUT2D eigenvalue weighted by atomic mass is 35.5. The number of hydrogen-bond acceptors (Lipinski definition) is 4. The summed E-state index contributed by atoms with van der Waals surface area (Å²) in [6.45, 7) is 3.66. The van der Waals surface area contributed by atoms with Crippen molar-refractivity contribution in [2.75, 3.05) is 19.6 Å². The molecule has 2 fully saturated rings. The molecular formula is C16H16ClN3OS. The molecule has 1 aromatic carbocycles. The fourth-order valence-electron chi connectivity index (χ4n) is 3.40. The fraction of sp³-hybridized carbons (Fsp3) is 0.375. The number of rotatable bonds is 3. The van der Waals surface area contributed by atoms with Crippen LogP contribution in [0.4, 0.5) is 0 Å². The predicted octanol–water partition coefficient (Wildman–Crippen LogP) is 2.75. The lowest BCUT2D eigenvalue weighted by Crippen LogP contribution is -2.54. The first-order valence-electron chi connectivity index (χ1n) is 7.36. The van der Waals surface area contributed by atoms with Crippen molar-refractivity contribution in [1.29, 1.82) is 0 Å². The summed E-state index contributed by atoms with van der Waals surface area (Å²) in [5, 5.41) is 2.60. The van der Waals surface area contributed by atoms with E-state index in [1.807, 2.05) is 22.4 Å². The van der Waals surface area contributed by atoms with E-state index in [0.717, 1.165) is 31.2 Å². The zero-order valence-corrected chi connectivity index (χ0v) is 13.6. The maximum absolute atomic E-state index is 12.4. The molecule has 22 heavy (non-hydrogen) atoms. The Morgan fingerprint density at radius 3 is 2.82 bits per heavy atom. The van der Waals surface area contributed by atoms with Crippen molar-refractivity contribution >= 4 is 28.8 Å². The summed E-state index contributed by atoms with van der Waals surface area (Å²) in [6.07, 6.45) is 0. The molecule has 2 saturated heterocycles. The zero-order chi connectivity index (χ0) is 15.1. The van der Waals surface area contributed by atoms with Crippen molar-refractivity contribution in [3.05, 3.63) is 51.4 Å². The van der Waals surface area contributed by atoms with Gasteiger partial charge in [-0.2, -0.15) is 0 Å². The number of aromatic nitrogens is 1. The molecule has 4 rings (SSSR count). The Labute approximate surface area is 138 Å². The van der Waals surface area contributed by atoms with Crippen LogP contribution in [0.25, 0.3) is 0 Å². The van der Waals surface area contributed by atoms with Gasteiger partial charge in [-0.3, -0.25) is 9.69 Å². The number of halogens is 1. The maximum Gasteiger partial charge on any atom is 0.273 e. The average molecular weight is 334 g/mol. The van der Waals surface area contributed by atoms with Gasteiger partial charge in [0.25, 0.3) is 5.91 Å². The number of likely N-dealkylation sites (tertiary alicyclic amines) is 2. The van der Waals surface area contributed by atoms with Crippen LogP contribution in [0.15, 0.2) is 35.2 Å². The fourth-order valence-corrected chi connectivity index (χ4v) is 4.05. The first-order chi connectivity index (χ1) is 10.7. The molecule has 0 bridgehead atoms. The monoisotopic (exact) mass is 333 g/mol. The van der Waals surface area contributed by atoms with Gasteiger partial charge in [-0.1, -0.05) is 23.7 Å². The third kappa shape index (κ3) is 2.53. The average Bonchev–Trinajstić information content (AvgIpc) is 3.14. The highest BCUT2D eigenvalue weighted by Gasteiger charge is 2.46. The van der Waals surface area contributed by atoms with Crippen LogP contribution in [0.2, 0.25) is 5.02 Å². The molecule has 1 aromatic heterocycles. The molecule has 2 atom stereocenters. The van der Waals surface area contributed by atoms with E-state index in [-0.39, 0.29) is 5.91 Å². The number of fused-ring (bicyclic) bond motifs is 1. The molecule has 2 aliphatic rings. The second-order valence-corrected chi connectivity index (χ2v) is 7.12. The van der Waals surface area contributed by atoms with Crippen molar-refractivity contribution < 1.29 is 4.79 Å². The van der Waals surface area contributed by atoms with Crippen LogP contribution in [0.1, 0.15) is 16.1 Å². The Morgan fingerprint density at radius 2 is 2.09 bits per heavy atom. The van der Waals surface area contributed by atoms with Crippen molar-refractivity contribution in [2.45, 2.75) is 12.6 Å². The van der Waals surface area contributed by atoms with Crippen LogP contribution >= 0.6 is 22.9 Å². The van der Waals surface area contributed by atoms with Gasteiger partial charge in [0, 0.05) is 48.5 Å². The largest absolute Gasteiger partial charge is 0.335 e. The topological polar surface area (TPSA) is 36.4 Å². The number of thiazole rings is 1. The van der Waals surface area contributed by atoms with Crippen molar-refractivity contribution in [2.24, 2.45) is 5.92 Å². The smallest absolute Gasteiger partial charge is 0.273 e. The minimum atomic E-state index is 0.0714. The summed E-state index contributed by atoms with van der Waals surface area (Å²) in [7, 11) is 0. The van der Waals surface area contributed by atoms with Crippen LogP contribution in [0.3, 0.4) is 0 Å². The number of hydrogen-bond donors (Lipinski definition) is 0. The van der Waals surface area contributed by atoms with E-state index in [9.17, 15) is 4.79 Å². The summed E-state index contributed by atoms with van der Waals surface area (Å²) in [4.78, 5) is 20.9. The highest BCUT2D eigenvalue weighted by Crippen LogP contribution is 2.34. The van der Waals surface area contributed by atoms with Crippen molar-refractivity contribution in [1.82, 2.24) is 14.8 Å². The first kappa shape index (κ1) is 14.2. The van der Waals surface area contributed by atoms with Gasteiger partial charge in [0.05, 0.1) is 5.51 Å². The van der Waals surface area contributed by atoms with E-state index in [0.29, 0.717) is 17.7 Å². The van der Waals surface area contributed by atoms with E-state index < -0.39 is 0 Å². The summed E-state index contributed by atoms with van der Waals surface area (Å²) >= 11 is 7.39. The quantitative estimate of drug-likeness (QED) is 0.866. The maximum atomic E-state index is 12.4. The molecule has 0 saturated carbocycles. The second-order valence-electron chi connectivity index (χ2n) is 5.97. The van der Waals surface area contributed by atoms with Crippen LogP contribution in [-0.4, -0.2) is 46.4 Å². The van der Waals surface area contributed by atoms with Gasteiger partial charge in [-0.15, -0.1) is 11.3 Å². The third-order valence-electron chi connectivity index (χ3n) is 4.58. The molecule has 2 aromatic rings. The lowest BCUT2D eigenvalue weighted by Gasteiger charge is -2.43. The van der Waals surface area contributed by atoms with Gasteiger partial charge in [0.15, 0.2) is 0 Å². The molecule has 114 valence electrons. The van der Waals surface area contributed by atoms with Gasteiger partial charge >= 0.3 is 0 Å². The normalized spacial score (nSPS) is 24.1. The van der Waals surface area contributed by atoms with E-state index in [1.54, 1.807) is 5.51 Å². The summed E-state index contributed by atoms with van der Waals surface area (Å²) in [6, 6.07) is 8.49. The summed E-state index contributed by atoms with van der Waals surface area (Å²) in [5.74, 6) is 0.678. The van der Waals surface area contributed by atoms with Crippen LogP contribution < -0.4 is 0 Å². The summed E-state index contributed by atoms with van der Waals surface area (Å²) in [5.41, 5.74) is 3.56. The molecule has 4 nitrogen and oxygen atoms in total. The molecule has 2 aliphatic heterocycles. The minimum Gasteiger partial charge on any atom is -0.335 e. The standard InChI is InChI=1S/C16H16ClN3OS/c17-13-3-1-11(2-4-13)5-19-6-12-7-20(8-15(12)19)16(21)14-9-22-10-18-14/h1-4,9-10,12,15H,5-8H2. The van der Waals surface area contributed by atoms with E-state index >= 15 is 0 Å². The number of nitrogens with zero attached hydrogens (tertiary/aromatic N) is 3. The molecule has 0 aliphatic carbocycles. The van der Waals surface area contributed by atoms with Crippen LogP contribution in [0, 0.1) is 5.92 Å². The van der Waals surface area contributed by atoms with E-state index in [2.05, 4.69) is 22.0 Å². The minimum absolute atomic E-state index is 0.0714. The van der Waals surface area contributed by atoms with Crippen LogP contribution in [0.5, 0.6) is 0 Å². The van der Waals surface area contributed by atoms with Crippen molar-refractivity contribution in [3.63, 3.8) is 0 Å². The molecular weight excluding hydrogens is 318 g/mol. The SMILES string of the molecule is O=C(c1cscn1)N1CC2CN(Cc3ccc(Cl)cc3)C2C1. The Bertz CT molecular complexity index is 673. The molecule has 1 amide bonds. The highest BCUT2D eigenvalue weighted by molar-refractivity contribution is 7.07. The number of carbonyl (C=O) groups is 1. The second kappa shape index (κ2) is 5.65. The molecule has 0 spiro atoms. The van der Waals surface area contributed by atoms with Gasteiger partial charge in [0.1, 0.15) is 5.69 Å². The van der Waals surface area contributed by atoms with Gasteiger partial charge in [-0.05, 0) is 17.7 Å². The van der Waals surface area contributed by atoms with Crippen LogP contribution in [-0.2, 0) is 6.54 Å². The predicted molar refractivity (Wildman–Crippen MR) is 87.2 cm³/mol. The lowest BCUT2D eigenvalue weighted by atomic mass is 9.91. The lowest BCUT2D eigenvalue weighted by molar-refractivity contribution is 0.0433. The first-order valence-corrected chi connectivity index (χ1v) is 8.69. The van der Waals surface area contributed by atoms with Gasteiger partial charge < -0.3 is 4.90 Å². The van der Waals surface area contributed by atoms with Gasteiger partial charge in [0.2, 0.25) is 0 Å². The molecule has 0 radical (unpaired) electrons. The number of amides is 1. The Hall–Kier alpha value is -1.43. The molecule has 6 heteroatoms. The third-order valence-corrected chi connectivity index (χ3v) is 5.42. The molecule has 0 N–H and O–H groups in total. The summed E-state index contributed by atoms with van der Waals surface area (Å²) < 4.78 is 0. The molecule has 2 unspecified atom stereocenters. The van der Waals surface area contributed by atoms with Crippen molar-refractivity contribution in [3.8, 4) is 0 Å². The molecule has 3 heterocycles. The van der Waals surface area contributed by atoms with Gasteiger partial charge in [-0.25, -0.2) is 4.98 Å². The Morgan fingerprint density at radius 1 is 1.27 bits per heavy atom. The number of benzene rings is 1. The van der Waals surface area contributed by atoms with E-state index in [4.69, 9.17) is 11.6 Å².